The van der Waals surface area contributed by atoms with Gasteiger partial charge in [0.25, 0.3) is 0 Å². The number of benzene rings is 1. The molecule has 1 aromatic carbocycles. The minimum absolute atomic E-state index is 0.0600. The molecule has 5 heteroatoms. The Labute approximate surface area is 156 Å². The van der Waals surface area contributed by atoms with Crippen molar-refractivity contribution in [1.29, 1.82) is 0 Å². The van der Waals surface area contributed by atoms with E-state index in [0.29, 0.717) is 12.3 Å². The van der Waals surface area contributed by atoms with E-state index in [1.807, 2.05) is 40.2 Å². The molecule has 0 bridgehead atoms. The van der Waals surface area contributed by atoms with Gasteiger partial charge < -0.3 is 15.2 Å². The summed E-state index contributed by atoms with van der Waals surface area (Å²) in [6, 6.07) is 9.75. The van der Waals surface area contributed by atoms with E-state index in [1.54, 1.807) is 0 Å². The lowest BCUT2D eigenvalue weighted by atomic mass is 9.86. The number of amides is 1. The first-order chi connectivity index (χ1) is 12.5. The first-order valence-electron chi connectivity index (χ1n) is 9.62. The first kappa shape index (κ1) is 18.6. The topological polar surface area (TPSA) is 64.2 Å². The molecule has 0 unspecified atom stereocenters. The second kappa shape index (κ2) is 8.49. The van der Waals surface area contributed by atoms with Gasteiger partial charge in [-0.05, 0) is 30.2 Å². The molecule has 1 fully saturated rings. The number of aromatic nitrogens is 2. The normalized spacial score (nSPS) is 16.8. The summed E-state index contributed by atoms with van der Waals surface area (Å²) in [6.45, 7) is 6.97. The summed E-state index contributed by atoms with van der Waals surface area (Å²) in [5.41, 5.74) is 8.30. The van der Waals surface area contributed by atoms with Crippen molar-refractivity contribution in [2.24, 2.45) is 17.6 Å². The van der Waals surface area contributed by atoms with Crippen LogP contribution in [0.15, 0.2) is 42.9 Å². The van der Waals surface area contributed by atoms with Gasteiger partial charge >= 0.3 is 0 Å². The minimum Gasteiger partial charge on any atom is -0.341 e. The third-order valence-electron chi connectivity index (χ3n) is 5.44. The minimum atomic E-state index is -0.509. The average Bonchev–Trinajstić information content (AvgIpc) is 3.08. The van der Waals surface area contributed by atoms with Crippen molar-refractivity contribution >= 4 is 5.91 Å². The molecule has 0 aliphatic carbocycles. The molecule has 1 aromatic heterocycles. The molecular formula is C21H30N4O. The standard InChI is InChI=1S/C21H30N4O/c1-16(2)18-8-10-25(11-9-18)21(26)20(22)12-19-14-24(15-23-19)13-17-6-4-3-5-7-17/h3-7,14-16,18,20H,8-13,22H2,1-2H3/t20-/m0/s1. The van der Waals surface area contributed by atoms with Crippen molar-refractivity contribution in [3.05, 3.63) is 54.1 Å². The quantitative estimate of drug-likeness (QED) is 0.867. The number of imidazole rings is 1. The number of rotatable bonds is 6. The van der Waals surface area contributed by atoms with Crippen LogP contribution in [0.25, 0.3) is 0 Å². The number of hydrogen-bond acceptors (Lipinski definition) is 3. The van der Waals surface area contributed by atoms with Gasteiger partial charge in [0, 0.05) is 32.3 Å². The maximum absolute atomic E-state index is 12.6. The van der Waals surface area contributed by atoms with Gasteiger partial charge in [0.05, 0.1) is 18.1 Å². The zero-order valence-electron chi connectivity index (χ0n) is 15.8. The van der Waals surface area contributed by atoms with Gasteiger partial charge in [0.15, 0.2) is 0 Å². The SMILES string of the molecule is CC(C)C1CCN(C(=O)[C@@H](N)Cc2cn(Cc3ccccc3)cn2)CC1. The molecule has 2 aromatic rings. The van der Waals surface area contributed by atoms with Crippen molar-refractivity contribution in [3.63, 3.8) is 0 Å². The zero-order chi connectivity index (χ0) is 18.5. The molecule has 0 radical (unpaired) electrons. The Bertz CT molecular complexity index is 702. The Balaban J connectivity index is 1.52. The summed E-state index contributed by atoms with van der Waals surface area (Å²) in [4.78, 5) is 19.0. The van der Waals surface area contributed by atoms with Crippen LogP contribution in [0.5, 0.6) is 0 Å². The second-order valence-electron chi connectivity index (χ2n) is 7.74. The highest BCUT2D eigenvalue weighted by Crippen LogP contribution is 2.24. The highest BCUT2D eigenvalue weighted by molar-refractivity contribution is 5.82. The lowest BCUT2D eigenvalue weighted by molar-refractivity contribution is -0.134. The van der Waals surface area contributed by atoms with Crippen LogP contribution >= 0.6 is 0 Å². The molecule has 2 heterocycles. The number of nitrogens with two attached hydrogens (primary N) is 1. The van der Waals surface area contributed by atoms with Crippen molar-refractivity contribution in [1.82, 2.24) is 14.5 Å². The van der Waals surface area contributed by atoms with E-state index in [1.165, 1.54) is 5.56 Å². The Kier molecular flexibility index (Phi) is 6.09. The molecule has 5 nitrogen and oxygen atoms in total. The van der Waals surface area contributed by atoms with E-state index >= 15 is 0 Å². The Morgan fingerprint density at radius 3 is 2.58 bits per heavy atom. The predicted molar refractivity (Wildman–Crippen MR) is 104 cm³/mol. The van der Waals surface area contributed by atoms with Crippen LogP contribution in [-0.2, 0) is 17.8 Å². The van der Waals surface area contributed by atoms with E-state index in [4.69, 9.17) is 5.73 Å². The van der Waals surface area contributed by atoms with E-state index in [-0.39, 0.29) is 5.91 Å². The predicted octanol–water partition coefficient (Wildman–Crippen LogP) is 2.70. The molecule has 1 aliphatic heterocycles. The maximum Gasteiger partial charge on any atom is 0.239 e. The molecule has 3 rings (SSSR count). The molecule has 0 saturated carbocycles. The highest BCUT2D eigenvalue weighted by atomic mass is 16.2. The Morgan fingerprint density at radius 2 is 1.92 bits per heavy atom. The molecule has 1 aliphatic rings. The molecule has 1 amide bonds. The van der Waals surface area contributed by atoms with Gasteiger partial charge in [-0.2, -0.15) is 0 Å². The van der Waals surface area contributed by atoms with Crippen LogP contribution < -0.4 is 5.73 Å². The van der Waals surface area contributed by atoms with Gasteiger partial charge in [-0.25, -0.2) is 4.98 Å². The maximum atomic E-state index is 12.6. The lowest BCUT2D eigenvalue weighted by Crippen LogP contribution is -2.48. The second-order valence-corrected chi connectivity index (χ2v) is 7.74. The number of carbonyl (C=O) groups excluding carboxylic acids is 1. The van der Waals surface area contributed by atoms with Crippen LogP contribution in [-0.4, -0.2) is 39.5 Å². The van der Waals surface area contributed by atoms with Crippen LogP contribution in [0, 0.1) is 11.8 Å². The summed E-state index contributed by atoms with van der Waals surface area (Å²) >= 11 is 0. The number of likely N-dealkylation sites (tertiary alicyclic amines) is 1. The van der Waals surface area contributed by atoms with Crippen molar-refractivity contribution in [3.8, 4) is 0 Å². The van der Waals surface area contributed by atoms with E-state index < -0.39 is 6.04 Å². The van der Waals surface area contributed by atoms with Gasteiger partial charge in [-0.15, -0.1) is 0 Å². The van der Waals surface area contributed by atoms with Crippen LogP contribution in [0.4, 0.5) is 0 Å². The van der Waals surface area contributed by atoms with Gasteiger partial charge in [-0.3, -0.25) is 4.79 Å². The van der Waals surface area contributed by atoms with Gasteiger partial charge in [-0.1, -0.05) is 44.2 Å². The molecule has 0 spiro atoms. The largest absolute Gasteiger partial charge is 0.341 e. The van der Waals surface area contributed by atoms with E-state index in [9.17, 15) is 4.79 Å². The number of carbonyl (C=O) groups is 1. The third-order valence-corrected chi connectivity index (χ3v) is 5.44. The zero-order valence-corrected chi connectivity index (χ0v) is 15.8. The summed E-state index contributed by atoms with van der Waals surface area (Å²) < 4.78 is 2.04. The average molecular weight is 354 g/mol. The molecule has 1 atom stereocenters. The van der Waals surface area contributed by atoms with Crippen LogP contribution in [0.1, 0.15) is 37.9 Å². The smallest absolute Gasteiger partial charge is 0.239 e. The third kappa shape index (κ3) is 4.73. The van der Waals surface area contributed by atoms with Crippen molar-refractivity contribution in [2.45, 2.75) is 45.7 Å². The lowest BCUT2D eigenvalue weighted by Gasteiger charge is -2.35. The van der Waals surface area contributed by atoms with Gasteiger partial charge in [0.2, 0.25) is 5.91 Å². The highest BCUT2D eigenvalue weighted by Gasteiger charge is 2.27. The van der Waals surface area contributed by atoms with Crippen molar-refractivity contribution in [2.75, 3.05) is 13.1 Å². The molecule has 26 heavy (non-hydrogen) atoms. The fraction of sp³-hybridized carbons (Fsp3) is 0.524. The molecule has 140 valence electrons. The monoisotopic (exact) mass is 354 g/mol. The van der Waals surface area contributed by atoms with E-state index in [0.717, 1.165) is 44.1 Å². The Morgan fingerprint density at radius 1 is 1.23 bits per heavy atom. The molecular weight excluding hydrogens is 324 g/mol. The number of hydrogen-bond donors (Lipinski definition) is 1. The van der Waals surface area contributed by atoms with Crippen molar-refractivity contribution < 1.29 is 4.79 Å². The van der Waals surface area contributed by atoms with Crippen LogP contribution in [0.3, 0.4) is 0 Å². The first-order valence-corrected chi connectivity index (χ1v) is 9.62. The number of piperidine rings is 1. The molecule has 1 saturated heterocycles. The van der Waals surface area contributed by atoms with Gasteiger partial charge in [0.1, 0.15) is 0 Å². The summed E-state index contributed by atoms with van der Waals surface area (Å²) in [5, 5.41) is 0. The summed E-state index contributed by atoms with van der Waals surface area (Å²) in [7, 11) is 0. The number of nitrogens with zero attached hydrogens (tertiary/aromatic N) is 3. The fourth-order valence-corrected chi connectivity index (χ4v) is 3.73. The summed E-state index contributed by atoms with van der Waals surface area (Å²) in [5.74, 6) is 1.48. The van der Waals surface area contributed by atoms with Crippen LogP contribution in [0.2, 0.25) is 0 Å². The fourth-order valence-electron chi connectivity index (χ4n) is 3.73. The van der Waals surface area contributed by atoms with E-state index in [2.05, 4.69) is 31.0 Å². The molecule has 2 N–H and O–H groups in total. The Hall–Kier alpha value is -2.14. The summed E-state index contributed by atoms with van der Waals surface area (Å²) in [6.07, 6.45) is 6.47.